The predicted octanol–water partition coefficient (Wildman–Crippen LogP) is 1.26. The summed E-state index contributed by atoms with van der Waals surface area (Å²) >= 11 is 0. The average Bonchev–Trinajstić information content (AvgIpc) is 1.80. The van der Waals surface area contributed by atoms with Gasteiger partial charge in [-0.15, -0.1) is 11.8 Å². The molecule has 0 aliphatic carbocycles. The zero-order chi connectivity index (χ0) is 7.11. The summed E-state index contributed by atoms with van der Waals surface area (Å²) in [5, 5.41) is 8.16. The molecular weight excluding hydrogens is 116 g/mol. The number of carboxylic acid groups (broad SMARTS) is 1. The summed E-state index contributed by atoms with van der Waals surface area (Å²) in [4.78, 5) is 9.91. The van der Waals surface area contributed by atoms with Crippen molar-refractivity contribution < 1.29 is 9.90 Å². The van der Waals surface area contributed by atoms with E-state index in [0.717, 1.165) is 0 Å². The van der Waals surface area contributed by atoms with Crippen molar-refractivity contribution >= 4 is 5.97 Å². The summed E-state index contributed by atoms with van der Waals surface area (Å²) in [5.74, 6) is 4.75. The van der Waals surface area contributed by atoms with Crippen LogP contribution in [0.3, 0.4) is 0 Å². The van der Waals surface area contributed by atoms with Crippen LogP contribution >= 0.6 is 0 Å². The Balaban J connectivity index is 3.07. The topological polar surface area (TPSA) is 37.3 Å². The maximum absolute atomic E-state index is 9.91. The molecule has 0 aromatic carbocycles. The highest BCUT2D eigenvalue weighted by Crippen LogP contribution is 1.92. The first-order valence-corrected chi connectivity index (χ1v) is 2.88. The molecule has 9 heavy (non-hydrogen) atoms. The molecule has 0 unspecified atom stereocenters. The Hall–Kier alpha value is -0.970. The van der Waals surface area contributed by atoms with E-state index in [0.29, 0.717) is 12.8 Å². The monoisotopic (exact) mass is 126 g/mol. The van der Waals surface area contributed by atoms with Crippen molar-refractivity contribution in [2.75, 3.05) is 0 Å². The maximum atomic E-state index is 9.91. The summed E-state index contributed by atoms with van der Waals surface area (Å²) in [5.41, 5.74) is 0. The van der Waals surface area contributed by atoms with Crippen LogP contribution in [0.5, 0.6) is 0 Å². The van der Waals surface area contributed by atoms with Crippen LogP contribution in [0.4, 0.5) is 0 Å². The Morgan fingerprint density at radius 2 is 2.33 bits per heavy atom. The van der Waals surface area contributed by atoms with E-state index < -0.39 is 5.97 Å². The molecule has 0 aromatic heterocycles. The summed E-state index contributed by atoms with van der Waals surface area (Å²) in [7, 11) is 0. The third-order valence-electron chi connectivity index (χ3n) is 0.869. The fourth-order valence-corrected chi connectivity index (χ4v) is 0.453. The first-order chi connectivity index (χ1) is 4.27. The number of aliphatic carboxylic acids is 1. The lowest BCUT2D eigenvalue weighted by molar-refractivity contribution is -0.137. The van der Waals surface area contributed by atoms with Gasteiger partial charge in [-0.1, -0.05) is 0 Å². The van der Waals surface area contributed by atoms with Gasteiger partial charge < -0.3 is 5.11 Å². The minimum absolute atomic E-state index is 0.231. The van der Waals surface area contributed by atoms with E-state index in [9.17, 15) is 4.79 Å². The molecule has 0 bridgehead atoms. The third-order valence-corrected chi connectivity index (χ3v) is 0.869. The lowest BCUT2D eigenvalue weighted by atomic mass is 10.2. The van der Waals surface area contributed by atoms with Crippen molar-refractivity contribution in [3.8, 4) is 11.8 Å². The third kappa shape index (κ3) is 7.03. The molecule has 0 aromatic rings. The normalized spacial score (nSPS) is 7.67. The average molecular weight is 126 g/mol. The van der Waals surface area contributed by atoms with Gasteiger partial charge in [0.15, 0.2) is 0 Å². The van der Waals surface area contributed by atoms with E-state index in [2.05, 4.69) is 11.8 Å². The van der Waals surface area contributed by atoms with Gasteiger partial charge in [-0.2, -0.15) is 0 Å². The van der Waals surface area contributed by atoms with E-state index >= 15 is 0 Å². The number of unbranched alkanes of at least 4 members (excludes halogenated alkanes) is 1. The zero-order valence-electron chi connectivity index (χ0n) is 5.48. The smallest absolute Gasteiger partial charge is 0.303 e. The van der Waals surface area contributed by atoms with E-state index in [1.807, 2.05) is 0 Å². The van der Waals surface area contributed by atoms with Gasteiger partial charge in [-0.3, -0.25) is 4.79 Å². The van der Waals surface area contributed by atoms with E-state index in [-0.39, 0.29) is 6.42 Å². The van der Waals surface area contributed by atoms with E-state index in [1.165, 1.54) is 0 Å². The number of carbonyl (C=O) groups is 1. The first-order valence-electron chi connectivity index (χ1n) is 2.88. The second-order valence-electron chi connectivity index (χ2n) is 1.67. The second-order valence-corrected chi connectivity index (χ2v) is 1.67. The molecule has 0 radical (unpaired) electrons. The van der Waals surface area contributed by atoms with Crippen molar-refractivity contribution in [1.29, 1.82) is 0 Å². The van der Waals surface area contributed by atoms with Gasteiger partial charge in [-0.25, -0.2) is 0 Å². The Morgan fingerprint density at radius 3 is 2.78 bits per heavy atom. The SMILES string of the molecule is CC#CCCCC(=O)O. The van der Waals surface area contributed by atoms with Gasteiger partial charge in [0.2, 0.25) is 0 Å². The van der Waals surface area contributed by atoms with Gasteiger partial charge >= 0.3 is 5.97 Å². The molecule has 0 spiro atoms. The molecule has 0 saturated carbocycles. The zero-order valence-corrected chi connectivity index (χ0v) is 5.48. The molecule has 0 saturated heterocycles. The number of hydrogen-bond acceptors (Lipinski definition) is 1. The van der Waals surface area contributed by atoms with Gasteiger partial charge in [-0.05, 0) is 13.3 Å². The summed E-state index contributed by atoms with van der Waals surface area (Å²) in [6.07, 6.45) is 1.59. The molecule has 0 aliphatic rings. The highest BCUT2D eigenvalue weighted by molar-refractivity contribution is 5.66. The van der Waals surface area contributed by atoms with E-state index in [1.54, 1.807) is 6.92 Å². The second kappa shape index (κ2) is 5.17. The van der Waals surface area contributed by atoms with Crippen LogP contribution in [0, 0.1) is 11.8 Å². The van der Waals surface area contributed by atoms with Crippen molar-refractivity contribution in [3.63, 3.8) is 0 Å². The Bertz CT molecular complexity index is 139. The van der Waals surface area contributed by atoms with Crippen LogP contribution in [-0.4, -0.2) is 11.1 Å². The van der Waals surface area contributed by atoms with Crippen molar-refractivity contribution in [2.24, 2.45) is 0 Å². The van der Waals surface area contributed by atoms with Crippen LogP contribution in [0.15, 0.2) is 0 Å². The molecule has 0 fully saturated rings. The molecule has 0 rings (SSSR count). The highest BCUT2D eigenvalue weighted by atomic mass is 16.4. The molecule has 0 heterocycles. The van der Waals surface area contributed by atoms with Gasteiger partial charge in [0.25, 0.3) is 0 Å². The number of hydrogen-bond donors (Lipinski definition) is 1. The molecule has 0 atom stereocenters. The largest absolute Gasteiger partial charge is 0.481 e. The fraction of sp³-hybridized carbons (Fsp3) is 0.571. The molecule has 50 valence electrons. The van der Waals surface area contributed by atoms with Gasteiger partial charge in [0.1, 0.15) is 0 Å². The lowest BCUT2D eigenvalue weighted by Crippen LogP contribution is -1.92. The number of carboxylic acids is 1. The Labute approximate surface area is 54.9 Å². The summed E-state index contributed by atoms with van der Waals surface area (Å²) in [6, 6.07) is 0. The predicted molar refractivity (Wildman–Crippen MR) is 34.9 cm³/mol. The molecule has 0 aliphatic heterocycles. The van der Waals surface area contributed by atoms with Crippen molar-refractivity contribution in [2.45, 2.75) is 26.2 Å². The molecule has 0 amide bonds. The maximum Gasteiger partial charge on any atom is 0.303 e. The first kappa shape index (κ1) is 8.03. The molecule has 2 nitrogen and oxygen atoms in total. The van der Waals surface area contributed by atoms with Crippen LogP contribution in [0.25, 0.3) is 0 Å². The minimum Gasteiger partial charge on any atom is -0.481 e. The molecular formula is C7H10O2. The molecule has 2 heteroatoms. The Morgan fingerprint density at radius 1 is 1.67 bits per heavy atom. The van der Waals surface area contributed by atoms with Gasteiger partial charge in [0, 0.05) is 12.8 Å². The quantitative estimate of drug-likeness (QED) is 0.456. The molecule has 1 N–H and O–H groups in total. The van der Waals surface area contributed by atoms with E-state index in [4.69, 9.17) is 5.11 Å². The van der Waals surface area contributed by atoms with Crippen molar-refractivity contribution in [1.82, 2.24) is 0 Å². The lowest BCUT2D eigenvalue weighted by Gasteiger charge is -1.86. The minimum atomic E-state index is -0.743. The van der Waals surface area contributed by atoms with Gasteiger partial charge in [0.05, 0.1) is 0 Å². The number of rotatable bonds is 3. The summed E-state index contributed by atoms with van der Waals surface area (Å²) < 4.78 is 0. The van der Waals surface area contributed by atoms with Crippen LogP contribution in [0.1, 0.15) is 26.2 Å². The van der Waals surface area contributed by atoms with Crippen molar-refractivity contribution in [3.05, 3.63) is 0 Å². The standard InChI is InChI=1S/C7H10O2/c1-2-3-4-5-6-7(8)9/h4-6H2,1H3,(H,8,9). The Kier molecular flexibility index (Phi) is 4.61. The fourth-order valence-electron chi connectivity index (χ4n) is 0.453. The highest BCUT2D eigenvalue weighted by Gasteiger charge is 1.92. The summed E-state index contributed by atoms with van der Waals surface area (Å²) in [6.45, 7) is 1.75. The van der Waals surface area contributed by atoms with Crippen LogP contribution in [-0.2, 0) is 4.79 Å². The van der Waals surface area contributed by atoms with Crippen LogP contribution in [0.2, 0.25) is 0 Å². The van der Waals surface area contributed by atoms with Crippen LogP contribution < -0.4 is 0 Å².